The van der Waals surface area contributed by atoms with Gasteiger partial charge in [-0.2, -0.15) is 5.26 Å². The van der Waals surface area contributed by atoms with Gasteiger partial charge < -0.3 is 10.6 Å². The Morgan fingerprint density at radius 3 is 2.17 bits per heavy atom. The molecule has 1 heterocycles. The normalized spacial score (nSPS) is 15.7. The molecule has 0 atom stereocenters. The molecule has 12 heavy (non-hydrogen) atoms. The maximum absolute atomic E-state index is 7.91. The number of rotatable bonds is 2. The molecule has 0 aromatic carbocycles. The second-order valence-corrected chi connectivity index (χ2v) is 2.82. The fourth-order valence-corrected chi connectivity index (χ4v) is 0.983. The van der Waals surface area contributed by atoms with Gasteiger partial charge in [0.25, 0.3) is 0 Å². The van der Waals surface area contributed by atoms with E-state index in [0.717, 1.165) is 6.54 Å². The van der Waals surface area contributed by atoms with Gasteiger partial charge in [-0.15, -0.1) is 0 Å². The topological polar surface area (TPSA) is 47.8 Å². The molecular formula is C9H19N3. The van der Waals surface area contributed by atoms with E-state index in [2.05, 4.69) is 10.6 Å². The van der Waals surface area contributed by atoms with Crippen molar-refractivity contribution in [2.45, 2.75) is 25.7 Å². The van der Waals surface area contributed by atoms with Crippen LogP contribution >= 0.6 is 0 Å². The zero-order chi connectivity index (χ0) is 9.07. The highest BCUT2D eigenvalue weighted by Gasteiger charge is 1.93. The second kappa shape index (κ2) is 10.4. The number of nitrogens with zero attached hydrogens (tertiary/aromatic N) is 1. The molecular weight excluding hydrogens is 150 g/mol. The molecule has 1 rings (SSSR count). The van der Waals surface area contributed by atoms with Crippen molar-refractivity contribution in [3.8, 4) is 6.07 Å². The predicted octanol–water partition coefficient (Wildman–Crippen LogP) is 0.879. The lowest BCUT2D eigenvalue weighted by Crippen LogP contribution is -2.21. The Kier molecular flexibility index (Phi) is 9.90. The summed E-state index contributed by atoms with van der Waals surface area (Å²) in [6.07, 6.45) is 4.82. The van der Waals surface area contributed by atoms with Crippen molar-refractivity contribution >= 4 is 0 Å². The van der Waals surface area contributed by atoms with Crippen molar-refractivity contribution in [2.75, 3.05) is 26.7 Å². The standard InChI is InChI=1S/C5H11N.C4H8N2/c1-2-4-6-5-3-1;1-6-4-2-3-5/h6H,1-5H2;6H,2,4H2,1H3. The fourth-order valence-electron chi connectivity index (χ4n) is 0.983. The zero-order valence-electron chi connectivity index (χ0n) is 7.90. The quantitative estimate of drug-likeness (QED) is 0.603. The lowest BCUT2D eigenvalue weighted by Gasteiger charge is -2.08. The van der Waals surface area contributed by atoms with Gasteiger partial charge in [-0.1, -0.05) is 6.42 Å². The van der Waals surface area contributed by atoms with E-state index < -0.39 is 0 Å². The van der Waals surface area contributed by atoms with Gasteiger partial charge in [0.05, 0.1) is 6.07 Å². The minimum Gasteiger partial charge on any atom is -0.319 e. The summed E-state index contributed by atoms with van der Waals surface area (Å²) in [7, 11) is 1.83. The first kappa shape index (κ1) is 11.4. The minimum atomic E-state index is 0.608. The summed E-state index contributed by atoms with van der Waals surface area (Å²) in [4.78, 5) is 0. The van der Waals surface area contributed by atoms with E-state index in [9.17, 15) is 0 Å². The summed E-state index contributed by atoms with van der Waals surface area (Å²) < 4.78 is 0. The summed E-state index contributed by atoms with van der Waals surface area (Å²) in [5.41, 5.74) is 0. The van der Waals surface area contributed by atoms with Crippen LogP contribution in [0.5, 0.6) is 0 Å². The summed E-state index contributed by atoms with van der Waals surface area (Å²) in [5, 5.41) is 14.0. The number of hydrogen-bond acceptors (Lipinski definition) is 3. The summed E-state index contributed by atoms with van der Waals surface area (Å²) in [5.74, 6) is 0. The number of nitrogens with one attached hydrogen (secondary N) is 2. The molecule has 0 aliphatic carbocycles. The Morgan fingerprint density at radius 2 is 2.00 bits per heavy atom. The van der Waals surface area contributed by atoms with Crippen LogP contribution in [0.3, 0.4) is 0 Å². The van der Waals surface area contributed by atoms with Crippen LogP contribution in [-0.2, 0) is 0 Å². The summed E-state index contributed by atoms with van der Waals surface area (Å²) in [6, 6.07) is 2.01. The average Bonchev–Trinajstić information content (AvgIpc) is 2.18. The molecule has 0 amide bonds. The fraction of sp³-hybridized carbons (Fsp3) is 0.889. The van der Waals surface area contributed by atoms with Crippen molar-refractivity contribution in [1.82, 2.24) is 10.6 Å². The Hall–Kier alpha value is -0.590. The van der Waals surface area contributed by atoms with Crippen LogP contribution in [0.4, 0.5) is 0 Å². The Balaban J connectivity index is 0.000000202. The van der Waals surface area contributed by atoms with E-state index in [0.29, 0.717) is 6.42 Å². The van der Waals surface area contributed by atoms with Crippen LogP contribution < -0.4 is 10.6 Å². The average molecular weight is 169 g/mol. The molecule has 0 unspecified atom stereocenters. The molecule has 0 spiro atoms. The first-order valence-corrected chi connectivity index (χ1v) is 4.64. The third-order valence-electron chi connectivity index (χ3n) is 1.69. The van der Waals surface area contributed by atoms with Crippen LogP contribution in [0.1, 0.15) is 25.7 Å². The molecule has 0 radical (unpaired) electrons. The highest BCUT2D eigenvalue weighted by molar-refractivity contribution is 4.68. The Bertz CT molecular complexity index is 102. The third kappa shape index (κ3) is 9.41. The molecule has 0 aromatic heterocycles. The van der Waals surface area contributed by atoms with Crippen molar-refractivity contribution in [2.24, 2.45) is 0 Å². The third-order valence-corrected chi connectivity index (χ3v) is 1.69. The first-order chi connectivity index (χ1) is 5.91. The van der Waals surface area contributed by atoms with E-state index in [1.165, 1.54) is 32.4 Å². The molecule has 3 nitrogen and oxygen atoms in total. The van der Waals surface area contributed by atoms with Gasteiger partial charge in [-0.3, -0.25) is 0 Å². The van der Waals surface area contributed by atoms with Gasteiger partial charge in [0.1, 0.15) is 0 Å². The summed E-state index contributed by atoms with van der Waals surface area (Å²) >= 11 is 0. The van der Waals surface area contributed by atoms with Gasteiger partial charge in [0.15, 0.2) is 0 Å². The van der Waals surface area contributed by atoms with E-state index in [-0.39, 0.29) is 0 Å². The van der Waals surface area contributed by atoms with Crippen LogP contribution in [0.25, 0.3) is 0 Å². The van der Waals surface area contributed by atoms with Gasteiger partial charge in [0.2, 0.25) is 0 Å². The number of hydrogen-bond donors (Lipinski definition) is 2. The van der Waals surface area contributed by atoms with E-state index in [1.807, 2.05) is 13.1 Å². The first-order valence-electron chi connectivity index (χ1n) is 4.64. The van der Waals surface area contributed by atoms with Gasteiger partial charge in [0, 0.05) is 13.0 Å². The monoisotopic (exact) mass is 169 g/mol. The van der Waals surface area contributed by atoms with Gasteiger partial charge in [-0.25, -0.2) is 0 Å². The number of nitriles is 1. The lowest BCUT2D eigenvalue weighted by molar-refractivity contribution is 0.520. The van der Waals surface area contributed by atoms with Gasteiger partial charge >= 0.3 is 0 Å². The highest BCUT2D eigenvalue weighted by Crippen LogP contribution is 1.96. The number of piperidine rings is 1. The van der Waals surface area contributed by atoms with E-state index >= 15 is 0 Å². The smallest absolute Gasteiger partial charge is 0.0635 e. The highest BCUT2D eigenvalue weighted by atomic mass is 14.9. The van der Waals surface area contributed by atoms with Crippen molar-refractivity contribution in [1.29, 1.82) is 5.26 Å². The van der Waals surface area contributed by atoms with Crippen molar-refractivity contribution in [3.05, 3.63) is 0 Å². The predicted molar refractivity (Wildman–Crippen MR) is 50.9 cm³/mol. The van der Waals surface area contributed by atoms with Crippen molar-refractivity contribution < 1.29 is 0 Å². The molecule has 1 aliphatic rings. The molecule has 0 saturated carbocycles. The largest absolute Gasteiger partial charge is 0.319 e. The summed E-state index contributed by atoms with van der Waals surface area (Å²) in [6.45, 7) is 3.30. The Morgan fingerprint density at radius 1 is 1.33 bits per heavy atom. The SMILES string of the molecule is C1CCNCC1.CNCCC#N. The maximum Gasteiger partial charge on any atom is 0.0635 e. The molecule has 1 aliphatic heterocycles. The molecule has 1 saturated heterocycles. The molecule has 0 aromatic rings. The maximum atomic E-state index is 7.91. The van der Waals surface area contributed by atoms with E-state index in [4.69, 9.17) is 5.26 Å². The molecule has 2 N–H and O–H groups in total. The Labute approximate surface area is 75.2 Å². The van der Waals surface area contributed by atoms with Crippen molar-refractivity contribution in [3.63, 3.8) is 0 Å². The lowest BCUT2D eigenvalue weighted by atomic mass is 10.2. The van der Waals surface area contributed by atoms with Crippen LogP contribution in [0.15, 0.2) is 0 Å². The van der Waals surface area contributed by atoms with Gasteiger partial charge in [-0.05, 0) is 33.0 Å². The van der Waals surface area contributed by atoms with E-state index in [1.54, 1.807) is 0 Å². The van der Waals surface area contributed by atoms with Crippen LogP contribution in [0.2, 0.25) is 0 Å². The molecule has 70 valence electrons. The van der Waals surface area contributed by atoms with Crippen LogP contribution in [0, 0.1) is 11.3 Å². The zero-order valence-corrected chi connectivity index (χ0v) is 7.90. The molecule has 0 bridgehead atoms. The molecule has 1 fully saturated rings. The second-order valence-electron chi connectivity index (χ2n) is 2.82. The van der Waals surface area contributed by atoms with Crippen LogP contribution in [-0.4, -0.2) is 26.7 Å². The molecule has 3 heteroatoms. The minimum absolute atomic E-state index is 0.608.